The molecule has 0 heterocycles. The molecular weight excluding hydrogens is 1550 g/mol. The second-order valence-corrected chi connectivity index (χ2v) is 50.3. The molecule has 0 fully saturated rings. The molecule has 19 heteroatoms. The molecule has 0 aromatic heterocycles. The van der Waals surface area contributed by atoms with E-state index in [9.17, 15) is 34.2 Å². The van der Waals surface area contributed by atoms with E-state index in [4.69, 9.17) is 37.0 Å². The van der Waals surface area contributed by atoms with Gasteiger partial charge in [0.1, 0.15) is 50.3 Å². The van der Waals surface area contributed by atoms with Gasteiger partial charge in [-0.1, -0.05) is 417 Å². The van der Waals surface area contributed by atoms with E-state index < -0.39 is 81.7 Å². The van der Waals surface area contributed by atoms with Gasteiger partial charge in [-0.3, -0.25) is 0 Å². The van der Waals surface area contributed by atoms with E-state index in [2.05, 4.69) is 180 Å². The van der Waals surface area contributed by atoms with Gasteiger partial charge in [0.15, 0.2) is 0 Å². The van der Waals surface area contributed by atoms with Crippen LogP contribution in [-0.2, 0) is 75.7 Å². The molecule has 0 aliphatic carbocycles. The monoisotopic (exact) mass is 1670 g/mol. The molecule has 11 rings (SSSR count). The Morgan fingerprint density at radius 1 is 0.244 bits per heavy atom. The molecule has 0 radical (unpaired) electrons. The van der Waals surface area contributed by atoms with E-state index in [1.165, 1.54) is 6.92 Å². The Morgan fingerprint density at radius 2 is 0.387 bits per heavy atom. The van der Waals surface area contributed by atoms with Crippen LogP contribution in [0.4, 0.5) is 0 Å². The van der Waals surface area contributed by atoms with E-state index in [1.54, 1.807) is 27.7 Å². The summed E-state index contributed by atoms with van der Waals surface area (Å²) in [5.74, 6) is -3.14. The van der Waals surface area contributed by atoms with Crippen LogP contribution in [0.15, 0.2) is 334 Å². The quantitative estimate of drug-likeness (QED) is 0.0248. The number of rotatable bonds is 27. The number of hydrogen-bond donors (Lipinski definition) is 3. The van der Waals surface area contributed by atoms with Crippen molar-refractivity contribution in [1.29, 1.82) is 0 Å². The largest absolute Gasteiger partial charge is 0.479 e. The second kappa shape index (κ2) is 44.5. The zero-order chi connectivity index (χ0) is 87.1. The van der Waals surface area contributed by atoms with Gasteiger partial charge in [0.2, 0.25) is 0 Å². The Hall–Kier alpha value is -10.6. The molecule has 11 aromatic rings. The summed E-state index contributed by atoms with van der Waals surface area (Å²) >= 11 is 0. The van der Waals surface area contributed by atoms with Gasteiger partial charge in [-0.2, -0.15) is 0 Å². The lowest BCUT2D eigenvalue weighted by molar-refractivity contribution is -0.154. The SMILES string of the molecule is C[C@H](O)C(=O)OCc1ccccc1.C[C@H](O[Si](c1ccccc1)(c1ccccc1)C(C)(C)C)C(=O)O.C[C@H](O[Si](c1ccccc1)(c1ccccc1)C(C)(C)C)C(=O)O.C[C@H](O[Si](c1ccccc1)(c1ccccc1)C(C)(C)C)C(=O)OCc1ccccc1.C[C@H](O[Si](c1ccccc1)(c1ccccc1)C(C)(C)C)C(=O)OCc1ccccc1. The van der Waals surface area contributed by atoms with Gasteiger partial charge in [0.25, 0.3) is 33.3 Å². The number of hydrogen-bond acceptors (Lipinski definition) is 13. The molecule has 0 spiro atoms. The van der Waals surface area contributed by atoms with Gasteiger partial charge in [0, 0.05) is 0 Å². The highest BCUT2D eigenvalue weighted by molar-refractivity contribution is 7.01. The van der Waals surface area contributed by atoms with Crippen LogP contribution in [-0.4, -0.2) is 109 Å². The molecule has 5 atom stereocenters. The number of carboxylic acid groups (broad SMARTS) is 2. The van der Waals surface area contributed by atoms with Crippen molar-refractivity contribution in [2.45, 2.75) is 188 Å². The molecule has 0 aliphatic heterocycles. The molecule has 0 aliphatic rings. The van der Waals surface area contributed by atoms with E-state index in [-0.39, 0.29) is 51.9 Å². The van der Waals surface area contributed by atoms with Gasteiger partial charge >= 0.3 is 29.8 Å². The van der Waals surface area contributed by atoms with Crippen LogP contribution in [0, 0.1) is 0 Å². The number of benzene rings is 11. The van der Waals surface area contributed by atoms with Crippen molar-refractivity contribution in [2.24, 2.45) is 0 Å². The highest BCUT2D eigenvalue weighted by Gasteiger charge is 2.56. The van der Waals surface area contributed by atoms with Crippen LogP contribution in [0.5, 0.6) is 0 Å². The third kappa shape index (κ3) is 25.5. The first-order valence-corrected chi connectivity index (χ1v) is 48.0. The van der Waals surface area contributed by atoms with Crippen LogP contribution >= 0.6 is 0 Å². The van der Waals surface area contributed by atoms with E-state index in [0.29, 0.717) is 0 Å². The highest BCUT2D eigenvalue weighted by atomic mass is 28.4. The molecule has 3 N–H and O–H groups in total. The number of carbonyl (C=O) groups is 5. The number of aliphatic hydroxyl groups excluding tert-OH is 1. The van der Waals surface area contributed by atoms with Crippen molar-refractivity contribution in [2.75, 3.05) is 0 Å². The zero-order valence-corrected chi connectivity index (χ0v) is 76.0. The maximum Gasteiger partial charge on any atom is 0.334 e. The maximum absolute atomic E-state index is 12.9. The van der Waals surface area contributed by atoms with Gasteiger partial charge in [-0.25, -0.2) is 24.0 Å². The summed E-state index contributed by atoms with van der Waals surface area (Å²) in [6.45, 7) is 34.9. The number of carboxylic acids is 2. The number of ether oxygens (including phenoxy) is 3. The molecule has 15 nitrogen and oxygen atoms in total. The molecule has 0 amide bonds. The van der Waals surface area contributed by atoms with Gasteiger partial charge < -0.3 is 47.2 Å². The standard InChI is InChI=1S/2C26H30O3Si.2C19H24O3Si.C10H12O3/c2*1-21(25(27)28-20-22-14-8-5-9-15-22)29-30(26(2,3)4,23-16-10-6-11-17-23)24-18-12-7-13-19-24;2*1-15(18(20)21)22-23(19(2,3)4,16-11-7-5-8-12-16)17-13-9-6-10-14-17;1-8(11)10(12)13-7-9-5-3-2-4-6-9/h2*5-19,21H,20H2,1-4H3;2*5-15H,1-4H3,(H,20,21);2-6,8,11H,7H2,1H3/t2*21-;2*15-;8-/m00000/s1. The minimum Gasteiger partial charge on any atom is -0.479 e. The van der Waals surface area contributed by atoms with E-state index in [0.717, 1.165) is 58.2 Å². The lowest BCUT2D eigenvalue weighted by atomic mass is 10.2. The predicted molar refractivity (Wildman–Crippen MR) is 488 cm³/mol. The number of carbonyl (C=O) groups excluding carboxylic acids is 3. The second-order valence-electron chi connectivity index (χ2n) is 33.3. The molecule has 0 saturated heterocycles. The minimum atomic E-state index is -2.78. The Bertz CT molecular complexity index is 4390. The van der Waals surface area contributed by atoms with Crippen LogP contribution in [0.2, 0.25) is 20.2 Å². The normalized spacial score (nSPS) is 13.1. The van der Waals surface area contributed by atoms with Crippen molar-refractivity contribution in [3.63, 3.8) is 0 Å². The molecular formula is C100H120O15Si4. The summed E-state index contributed by atoms with van der Waals surface area (Å²) in [7, 11) is -11.1. The van der Waals surface area contributed by atoms with Gasteiger partial charge in [0.05, 0.1) is 0 Å². The maximum atomic E-state index is 12.9. The Balaban J connectivity index is 0.000000210. The number of aliphatic carboxylic acids is 2. The first-order valence-electron chi connectivity index (χ1n) is 40.4. The smallest absolute Gasteiger partial charge is 0.334 e. The lowest BCUT2D eigenvalue weighted by Gasteiger charge is -2.44. The van der Waals surface area contributed by atoms with Gasteiger partial charge in [-0.05, 0) is 113 Å². The lowest BCUT2D eigenvalue weighted by Crippen LogP contribution is -2.68. The van der Waals surface area contributed by atoms with Crippen molar-refractivity contribution in [1.82, 2.24) is 0 Å². The fraction of sp³-hybridized carbons (Fsp3) is 0.290. The summed E-state index contributed by atoms with van der Waals surface area (Å²) in [4.78, 5) is 59.5. The average molecular weight is 1670 g/mol. The first-order chi connectivity index (χ1) is 56.5. The summed E-state index contributed by atoms with van der Waals surface area (Å²) in [6.07, 6.45) is -4.13. The summed E-state index contributed by atoms with van der Waals surface area (Å²) in [5.41, 5.74) is 2.84. The first kappa shape index (κ1) is 95.6. The van der Waals surface area contributed by atoms with E-state index >= 15 is 0 Å². The third-order valence-electron chi connectivity index (χ3n) is 20.5. The predicted octanol–water partition coefficient (Wildman–Crippen LogP) is 16.6. The van der Waals surface area contributed by atoms with Crippen molar-refractivity contribution in [3.05, 3.63) is 350 Å². The molecule has 0 saturated carbocycles. The summed E-state index contributed by atoms with van der Waals surface area (Å²) in [6, 6.07) is 110. The molecule has 11 aromatic carbocycles. The molecule has 0 bridgehead atoms. The van der Waals surface area contributed by atoms with Crippen molar-refractivity contribution >= 4 is 105 Å². The molecule has 119 heavy (non-hydrogen) atoms. The summed E-state index contributed by atoms with van der Waals surface area (Å²) in [5, 5.41) is 35.8. The fourth-order valence-electron chi connectivity index (χ4n) is 14.6. The molecule has 626 valence electrons. The van der Waals surface area contributed by atoms with Crippen molar-refractivity contribution < 1.29 is 71.2 Å². The summed E-state index contributed by atoms with van der Waals surface area (Å²) < 4.78 is 42.3. The minimum absolute atomic E-state index is 0.191. The topological polar surface area (TPSA) is 211 Å². The van der Waals surface area contributed by atoms with Crippen molar-refractivity contribution in [3.8, 4) is 0 Å². The Labute approximate surface area is 709 Å². The van der Waals surface area contributed by atoms with E-state index in [1.807, 2.05) is 237 Å². The van der Waals surface area contributed by atoms with Crippen LogP contribution in [0.3, 0.4) is 0 Å². The van der Waals surface area contributed by atoms with Crippen LogP contribution in [0.1, 0.15) is 134 Å². The van der Waals surface area contributed by atoms with Gasteiger partial charge in [-0.15, -0.1) is 0 Å². The third-order valence-corrected chi connectivity index (χ3v) is 40.9. The Morgan fingerprint density at radius 3 is 0.529 bits per heavy atom. The molecule has 0 unspecified atom stereocenters. The average Bonchev–Trinajstić information content (AvgIpc) is 0.764. The number of aliphatic hydroxyl groups is 1. The zero-order valence-electron chi connectivity index (χ0n) is 72.0. The van der Waals surface area contributed by atoms with Crippen LogP contribution < -0.4 is 41.5 Å². The van der Waals surface area contributed by atoms with Crippen LogP contribution in [0.25, 0.3) is 0 Å². The fourth-order valence-corrected chi connectivity index (χ4v) is 33.1. The number of esters is 3. The highest BCUT2D eigenvalue weighted by Crippen LogP contribution is 2.41. The Kier molecular flexibility index (Phi) is 35.7.